The van der Waals surface area contributed by atoms with Crippen LogP contribution in [0.2, 0.25) is 0 Å². The third kappa shape index (κ3) is 3.97. The molecule has 0 radical (unpaired) electrons. The Labute approximate surface area is 95.7 Å². The Hall–Kier alpha value is -0.940. The van der Waals surface area contributed by atoms with Gasteiger partial charge in [0.2, 0.25) is 0 Å². The van der Waals surface area contributed by atoms with Gasteiger partial charge in [0, 0.05) is 0 Å². The van der Waals surface area contributed by atoms with Gasteiger partial charge in [0.15, 0.2) is 0 Å². The van der Waals surface area contributed by atoms with Crippen LogP contribution in [0.1, 0.15) is 18.5 Å². The zero-order valence-electron chi connectivity index (χ0n) is 8.11. The first kappa shape index (κ1) is 12.1. The van der Waals surface area contributed by atoms with Gasteiger partial charge in [0.25, 0.3) is 5.08 Å². The lowest BCUT2D eigenvalue weighted by Crippen LogP contribution is -2.26. The number of carbonyl (C=O) groups is 1. The highest BCUT2D eigenvalue weighted by Crippen LogP contribution is 2.11. The summed E-state index contributed by atoms with van der Waals surface area (Å²) in [5, 5.41) is -1.80. The van der Waals surface area contributed by atoms with Gasteiger partial charge >= 0.3 is 5.97 Å². The number of carbonyl (C=O) groups excluding carboxylic acids is 1. The minimum atomic E-state index is -1.80. The Morgan fingerprint density at radius 1 is 1.47 bits per heavy atom. The van der Waals surface area contributed by atoms with Crippen LogP contribution in [-0.4, -0.2) is 11.1 Å². The zero-order valence-corrected chi connectivity index (χ0v) is 9.70. The van der Waals surface area contributed by atoms with Crippen LogP contribution in [0.3, 0.4) is 0 Å². The summed E-state index contributed by atoms with van der Waals surface area (Å²) in [4.78, 5) is 15.3. The van der Waals surface area contributed by atoms with Crippen molar-refractivity contribution < 1.29 is 14.0 Å². The van der Waals surface area contributed by atoms with Crippen molar-refractivity contribution in [1.82, 2.24) is 5.48 Å². The maximum Gasteiger partial charge on any atom is 0.370 e. The van der Waals surface area contributed by atoms with Gasteiger partial charge < -0.3 is 4.84 Å². The van der Waals surface area contributed by atoms with Crippen molar-refractivity contribution in [2.45, 2.75) is 18.0 Å². The molecule has 0 saturated heterocycles. The van der Waals surface area contributed by atoms with Gasteiger partial charge in [-0.3, -0.25) is 0 Å². The van der Waals surface area contributed by atoms with Gasteiger partial charge in [0.05, 0.1) is 6.04 Å². The lowest BCUT2D eigenvalue weighted by atomic mass is 10.1. The molecule has 0 fully saturated rings. The number of hydroxylamine groups is 1. The lowest BCUT2D eigenvalue weighted by molar-refractivity contribution is -0.155. The summed E-state index contributed by atoms with van der Waals surface area (Å²) in [6, 6.07) is 9.22. The highest BCUT2D eigenvalue weighted by molar-refractivity contribution is 9.09. The molecule has 0 aliphatic rings. The molecule has 0 heterocycles. The summed E-state index contributed by atoms with van der Waals surface area (Å²) in [5.41, 5.74) is 3.41. The normalized spacial score (nSPS) is 14.3. The van der Waals surface area contributed by atoms with Gasteiger partial charge in [0.1, 0.15) is 0 Å². The Kier molecular flexibility index (Phi) is 4.71. The van der Waals surface area contributed by atoms with Gasteiger partial charge in [-0.1, -0.05) is 30.3 Å². The summed E-state index contributed by atoms with van der Waals surface area (Å²) in [6.45, 7) is 1.81. The van der Waals surface area contributed by atoms with Crippen LogP contribution in [0.15, 0.2) is 30.3 Å². The molecule has 0 aliphatic carbocycles. The molecule has 0 spiro atoms. The summed E-state index contributed by atoms with van der Waals surface area (Å²) in [6.07, 6.45) is 0. The van der Waals surface area contributed by atoms with Crippen molar-refractivity contribution in [2.75, 3.05) is 0 Å². The Morgan fingerprint density at radius 2 is 2.07 bits per heavy atom. The van der Waals surface area contributed by atoms with Crippen LogP contribution in [0.4, 0.5) is 4.39 Å². The topological polar surface area (TPSA) is 38.3 Å². The first-order valence-corrected chi connectivity index (χ1v) is 5.32. The number of alkyl halides is 2. The Morgan fingerprint density at radius 3 is 2.60 bits per heavy atom. The van der Waals surface area contributed by atoms with Crippen molar-refractivity contribution in [3.63, 3.8) is 0 Å². The van der Waals surface area contributed by atoms with Crippen molar-refractivity contribution in [2.24, 2.45) is 0 Å². The molecular weight excluding hydrogens is 265 g/mol. The van der Waals surface area contributed by atoms with E-state index in [1.54, 1.807) is 0 Å². The molecule has 5 heteroatoms. The number of halogens is 2. The van der Waals surface area contributed by atoms with Crippen molar-refractivity contribution in [1.29, 1.82) is 0 Å². The van der Waals surface area contributed by atoms with E-state index in [1.165, 1.54) is 0 Å². The molecule has 0 saturated carbocycles. The molecule has 1 unspecified atom stereocenters. The van der Waals surface area contributed by atoms with E-state index in [9.17, 15) is 9.18 Å². The minimum absolute atomic E-state index is 0.179. The third-order valence-corrected chi connectivity index (χ3v) is 2.19. The average Bonchev–Trinajstić information content (AvgIpc) is 2.26. The van der Waals surface area contributed by atoms with E-state index in [4.69, 9.17) is 0 Å². The summed E-state index contributed by atoms with van der Waals surface area (Å²) >= 11 is 2.46. The van der Waals surface area contributed by atoms with Crippen molar-refractivity contribution >= 4 is 21.9 Å². The predicted molar refractivity (Wildman–Crippen MR) is 57.9 cm³/mol. The molecule has 2 atom stereocenters. The summed E-state index contributed by atoms with van der Waals surface area (Å²) < 4.78 is 12.3. The number of rotatable bonds is 4. The first-order valence-electron chi connectivity index (χ1n) is 4.40. The monoisotopic (exact) mass is 275 g/mol. The van der Waals surface area contributed by atoms with E-state index >= 15 is 0 Å². The Balaban J connectivity index is 2.44. The fourth-order valence-corrected chi connectivity index (χ4v) is 1.09. The number of hydrogen-bond donors (Lipinski definition) is 1. The molecule has 82 valence electrons. The quantitative estimate of drug-likeness (QED) is 0.678. The van der Waals surface area contributed by atoms with Gasteiger partial charge in [-0.2, -0.15) is 0 Å². The largest absolute Gasteiger partial charge is 0.370 e. The van der Waals surface area contributed by atoms with E-state index < -0.39 is 11.1 Å². The molecule has 0 amide bonds. The average molecular weight is 276 g/mol. The van der Waals surface area contributed by atoms with Crippen molar-refractivity contribution in [3.05, 3.63) is 35.9 Å². The molecule has 15 heavy (non-hydrogen) atoms. The smallest absolute Gasteiger partial charge is 0.367 e. The molecule has 0 bridgehead atoms. The van der Waals surface area contributed by atoms with E-state index in [0.717, 1.165) is 5.56 Å². The number of nitrogens with one attached hydrogen (secondary N) is 1. The predicted octanol–water partition coefficient (Wildman–Crippen LogP) is 2.49. The maximum absolute atomic E-state index is 12.3. The molecule has 3 nitrogen and oxygen atoms in total. The SMILES string of the molecule is C[C@H](NOC(=O)C(F)Br)c1ccccc1. The van der Waals surface area contributed by atoms with E-state index in [-0.39, 0.29) is 6.04 Å². The fourth-order valence-electron chi connectivity index (χ4n) is 1.00. The van der Waals surface area contributed by atoms with Crippen LogP contribution in [0.25, 0.3) is 0 Å². The standard InChI is InChI=1S/C10H11BrFNO2/c1-7(8-5-3-2-4-6-8)13-15-10(14)9(11)12/h2-7,9,13H,1H3/t7-,9?/m0/s1. The second-order valence-corrected chi connectivity index (χ2v) is 3.78. The molecule has 0 aliphatic heterocycles. The van der Waals surface area contributed by atoms with Crippen molar-refractivity contribution in [3.8, 4) is 0 Å². The molecule has 1 rings (SSSR count). The van der Waals surface area contributed by atoms with E-state index in [1.807, 2.05) is 37.3 Å². The van der Waals surface area contributed by atoms with Crippen LogP contribution in [0, 0.1) is 0 Å². The summed E-state index contributed by atoms with van der Waals surface area (Å²) in [5.74, 6) is -0.988. The van der Waals surface area contributed by atoms with E-state index in [2.05, 4.69) is 26.2 Å². The third-order valence-electron chi connectivity index (χ3n) is 1.81. The zero-order chi connectivity index (χ0) is 11.3. The maximum atomic E-state index is 12.3. The van der Waals surface area contributed by atoms with Gasteiger partial charge in [-0.25, -0.2) is 9.18 Å². The van der Waals surface area contributed by atoms with Crippen LogP contribution in [0.5, 0.6) is 0 Å². The Bertz CT molecular complexity index is 318. The first-order chi connectivity index (χ1) is 7.11. The number of benzene rings is 1. The van der Waals surface area contributed by atoms with Gasteiger partial charge in [-0.05, 0) is 28.4 Å². The number of hydrogen-bond acceptors (Lipinski definition) is 3. The summed E-state index contributed by atoms with van der Waals surface area (Å²) in [7, 11) is 0. The lowest BCUT2D eigenvalue weighted by Gasteiger charge is -2.13. The van der Waals surface area contributed by atoms with Crippen LogP contribution in [-0.2, 0) is 9.63 Å². The van der Waals surface area contributed by atoms with E-state index in [0.29, 0.717) is 0 Å². The van der Waals surface area contributed by atoms with Crippen LogP contribution < -0.4 is 5.48 Å². The van der Waals surface area contributed by atoms with Crippen LogP contribution >= 0.6 is 15.9 Å². The molecule has 1 aromatic rings. The second kappa shape index (κ2) is 5.82. The molecule has 1 aromatic carbocycles. The van der Waals surface area contributed by atoms with Gasteiger partial charge in [-0.15, -0.1) is 5.48 Å². The molecule has 1 N–H and O–H groups in total. The minimum Gasteiger partial charge on any atom is -0.367 e. The fraction of sp³-hybridized carbons (Fsp3) is 0.300. The highest BCUT2D eigenvalue weighted by Gasteiger charge is 2.16. The second-order valence-electron chi connectivity index (χ2n) is 2.97. The molecule has 0 aromatic heterocycles. The molecular formula is C10H11BrFNO2. The highest BCUT2D eigenvalue weighted by atomic mass is 79.9.